The molecule has 3 nitrogen and oxygen atoms in total. The molecule has 0 N–H and O–H groups in total. The van der Waals surface area contributed by atoms with Gasteiger partial charge in [0.2, 0.25) is 0 Å². The van der Waals surface area contributed by atoms with Gasteiger partial charge in [0, 0.05) is 6.20 Å². The first-order chi connectivity index (χ1) is 13.0. The summed E-state index contributed by atoms with van der Waals surface area (Å²) in [6.45, 7) is 13.7. The molecule has 1 aliphatic rings. The zero-order valence-electron chi connectivity index (χ0n) is 18.1. The second-order valence-electron chi connectivity index (χ2n) is 9.27. The predicted molar refractivity (Wildman–Crippen MR) is 116 cm³/mol. The highest BCUT2D eigenvalue weighted by atomic mass is 16.5. The second kappa shape index (κ2) is 7.20. The van der Waals surface area contributed by atoms with E-state index in [2.05, 4.69) is 64.7 Å². The standard InChI is InChI=1S/C25H31NO2/c1-16(18-8-9-22(26-15-18)23(27)28-7)12-19-14-21-20(13-17(19)2)24(3,4)10-11-25(21,5)6/h8-9,12-15H,10-11H2,1-7H3/b16-12-. The molecule has 148 valence electrons. The molecule has 0 fully saturated rings. The van der Waals surface area contributed by atoms with Crippen LogP contribution < -0.4 is 0 Å². The Labute approximate surface area is 168 Å². The summed E-state index contributed by atoms with van der Waals surface area (Å²) in [5, 5.41) is 0. The van der Waals surface area contributed by atoms with Crippen molar-refractivity contribution < 1.29 is 9.53 Å². The maximum absolute atomic E-state index is 11.6. The molecule has 2 aromatic rings. The topological polar surface area (TPSA) is 39.2 Å². The van der Waals surface area contributed by atoms with E-state index in [-0.39, 0.29) is 10.8 Å². The van der Waals surface area contributed by atoms with Gasteiger partial charge in [-0.1, -0.05) is 52.0 Å². The summed E-state index contributed by atoms with van der Waals surface area (Å²) in [5.74, 6) is -0.413. The Balaban J connectivity index is 2.01. The Morgan fingerprint density at radius 3 is 2.21 bits per heavy atom. The van der Waals surface area contributed by atoms with E-state index in [1.807, 2.05) is 6.07 Å². The fraction of sp³-hybridized carbons (Fsp3) is 0.440. The van der Waals surface area contributed by atoms with Crippen LogP contribution in [0.15, 0.2) is 30.5 Å². The number of methoxy groups -OCH3 is 1. The van der Waals surface area contributed by atoms with Gasteiger partial charge < -0.3 is 4.74 Å². The van der Waals surface area contributed by atoms with E-state index in [0.717, 1.165) is 11.1 Å². The molecule has 1 aromatic heterocycles. The molecular formula is C25H31NO2. The first kappa shape index (κ1) is 20.3. The van der Waals surface area contributed by atoms with Gasteiger partial charge >= 0.3 is 5.97 Å². The van der Waals surface area contributed by atoms with Crippen molar-refractivity contribution in [1.29, 1.82) is 0 Å². The monoisotopic (exact) mass is 377 g/mol. The number of aromatic nitrogens is 1. The number of ether oxygens (including phenoxy) is 1. The Morgan fingerprint density at radius 1 is 1.07 bits per heavy atom. The minimum absolute atomic E-state index is 0.193. The summed E-state index contributed by atoms with van der Waals surface area (Å²) in [7, 11) is 1.37. The number of nitrogens with zero attached hydrogens (tertiary/aromatic N) is 1. The van der Waals surface area contributed by atoms with Gasteiger partial charge in [-0.25, -0.2) is 9.78 Å². The van der Waals surface area contributed by atoms with Gasteiger partial charge in [0.05, 0.1) is 7.11 Å². The molecule has 1 aliphatic carbocycles. The zero-order chi connectivity index (χ0) is 20.7. The Kier molecular flexibility index (Phi) is 5.22. The highest BCUT2D eigenvalue weighted by Crippen LogP contribution is 2.46. The lowest BCUT2D eigenvalue weighted by atomic mass is 9.62. The van der Waals surface area contributed by atoms with Gasteiger partial charge in [-0.3, -0.25) is 0 Å². The summed E-state index contributed by atoms with van der Waals surface area (Å²) in [6.07, 6.45) is 6.39. The smallest absolute Gasteiger partial charge is 0.356 e. The molecule has 0 aliphatic heterocycles. The van der Waals surface area contributed by atoms with Crippen molar-refractivity contribution in [2.24, 2.45) is 0 Å². The Morgan fingerprint density at radius 2 is 1.68 bits per heavy atom. The van der Waals surface area contributed by atoms with Crippen molar-refractivity contribution >= 4 is 17.6 Å². The summed E-state index contributed by atoms with van der Waals surface area (Å²) in [5.41, 5.74) is 8.37. The summed E-state index contributed by atoms with van der Waals surface area (Å²) < 4.78 is 4.72. The normalized spacial score (nSPS) is 17.8. The average Bonchev–Trinajstić information content (AvgIpc) is 2.66. The molecule has 0 bridgehead atoms. The molecule has 0 saturated carbocycles. The van der Waals surface area contributed by atoms with Crippen LogP contribution in [0.2, 0.25) is 0 Å². The molecule has 0 radical (unpaired) electrons. The molecular weight excluding hydrogens is 346 g/mol. The fourth-order valence-electron chi connectivity index (χ4n) is 4.06. The number of esters is 1. The van der Waals surface area contributed by atoms with Gasteiger partial charge in [0.25, 0.3) is 0 Å². The predicted octanol–water partition coefficient (Wildman–Crippen LogP) is 6.09. The van der Waals surface area contributed by atoms with Gasteiger partial charge in [-0.2, -0.15) is 0 Å². The van der Waals surface area contributed by atoms with Crippen LogP contribution in [0, 0.1) is 6.92 Å². The highest BCUT2D eigenvalue weighted by Gasteiger charge is 2.37. The number of hydrogen-bond donors (Lipinski definition) is 0. The molecule has 0 spiro atoms. The molecule has 1 aromatic carbocycles. The van der Waals surface area contributed by atoms with E-state index in [4.69, 9.17) is 4.74 Å². The summed E-state index contributed by atoms with van der Waals surface area (Å²) in [4.78, 5) is 15.8. The molecule has 0 saturated heterocycles. The van der Waals surface area contributed by atoms with E-state index in [1.54, 1.807) is 12.3 Å². The summed E-state index contributed by atoms with van der Waals surface area (Å²) in [6, 6.07) is 8.40. The molecule has 0 atom stereocenters. The van der Waals surface area contributed by atoms with Crippen LogP contribution in [-0.4, -0.2) is 18.1 Å². The molecule has 0 unspecified atom stereocenters. The average molecular weight is 378 g/mol. The zero-order valence-corrected chi connectivity index (χ0v) is 18.1. The van der Waals surface area contributed by atoms with Crippen molar-refractivity contribution in [3.05, 3.63) is 64.0 Å². The van der Waals surface area contributed by atoms with Crippen LogP contribution in [-0.2, 0) is 15.6 Å². The van der Waals surface area contributed by atoms with Gasteiger partial charge in [0.15, 0.2) is 0 Å². The van der Waals surface area contributed by atoms with Crippen molar-refractivity contribution in [3.63, 3.8) is 0 Å². The number of pyridine rings is 1. The number of allylic oxidation sites excluding steroid dienone is 1. The molecule has 1 heterocycles. The van der Waals surface area contributed by atoms with Crippen LogP contribution in [0.5, 0.6) is 0 Å². The first-order valence-corrected chi connectivity index (χ1v) is 9.94. The minimum Gasteiger partial charge on any atom is -0.464 e. The van der Waals surface area contributed by atoms with E-state index in [0.29, 0.717) is 5.69 Å². The Bertz CT molecular complexity index is 934. The van der Waals surface area contributed by atoms with Crippen LogP contribution in [0.4, 0.5) is 0 Å². The van der Waals surface area contributed by atoms with Crippen molar-refractivity contribution in [3.8, 4) is 0 Å². The lowest BCUT2D eigenvalue weighted by Crippen LogP contribution is -2.34. The highest BCUT2D eigenvalue weighted by molar-refractivity contribution is 5.88. The molecule has 0 amide bonds. The van der Waals surface area contributed by atoms with Gasteiger partial charge in [-0.15, -0.1) is 0 Å². The number of aryl methyl sites for hydroxylation is 1. The van der Waals surface area contributed by atoms with Gasteiger partial charge in [-0.05, 0) is 77.0 Å². The van der Waals surface area contributed by atoms with Crippen LogP contribution >= 0.6 is 0 Å². The SMILES string of the molecule is COC(=O)c1ccc(/C(C)=C\c2cc3c(cc2C)C(C)(C)CCC3(C)C)cn1. The van der Waals surface area contributed by atoms with Crippen molar-refractivity contribution in [2.75, 3.05) is 7.11 Å². The van der Waals surface area contributed by atoms with E-state index >= 15 is 0 Å². The van der Waals surface area contributed by atoms with E-state index in [9.17, 15) is 4.79 Å². The minimum atomic E-state index is -0.413. The number of rotatable bonds is 3. The van der Waals surface area contributed by atoms with Gasteiger partial charge in [0.1, 0.15) is 5.69 Å². The number of fused-ring (bicyclic) bond motifs is 1. The third-order valence-electron chi connectivity index (χ3n) is 6.22. The summed E-state index contributed by atoms with van der Waals surface area (Å²) >= 11 is 0. The van der Waals surface area contributed by atoms with Crippen molar-refractivity contribution in [2.45, 2.75) is 65.2 Å². The number of carbonyl (C=O) groups is 1. The van der Waals surface area contributed by atoms with E-state index in [1.165, 1.54) is 42.2 Å². The lowest BCUT2D eigenvalue weighted by molar-refractivity contribution is 0.0594. The van der Waals surface area contributed by atoms with Crippen LogP contribution in [0.3, 0.4) is 0 Å². The third-order valence-corrected chi connectivity index (χ3v) is 6.22. The number of carbonyl (C=O) groups excluding carboxylic acids is 1. The lowest BCUT2D eigenvalue weighted by Gasteiger charge is -2.42. The second-order valence-corrected chi connectivity index (χ2v) is 9.27. The molecule has 3 rings (SSSR count). The quantitative estimate of drug-likeness (QED) is 0.608. The largest absolute Gasteiger partial charge is 0.464 e. The number of benzene rings is 1. The van der Waals surface area contributed by atoms with Crippen LogP contribution in [0.1, 0.15) is 85.8 Å². The third kappa shape index (κ3) is 3.76. The maximum atomic E-state index is 11.6. The molecule has 28 heavy (non-hydrogen) atoms. The first-order valence-electron chi connectivity index (χ1n) is 9.94. The molecule has 3 heteroatoms. The Hall–Kier alpha value is -2.42. The maximum Gasteiger partial charge on any atom is 0.356 e. The van der Waals surface area contributed by atoms with Crippen LogP contribution in [0.25, 0.3) is 11.6 Å². The van der Waals surface area contributed by atoms with Crippen molar-refractivity contribution in [1.82, 2.24) is 4.98 Å². The number of hydrogen-bond acceptors (Lipinski definition) is 3. The fourth-order valence-corrected chi connectivity index (χ4v) is 4.06. The van der Waals surface area contributed by atoms with E-state index < -0.39 is 5.97 Å².